The van der Waals surface area contributed by atoms with Crippen LogP contribution in [0.15, 0.2) is 53.0 Å². The summed E-state index contributed by atoms with van der Waals surface area (Å²) in [5.41, 5.74) is 1.90. The summed E-state index contributed by atoms with van der Waals surface area (Å²) in [6.07, 6.45) is 0. The molecule has 0 fully saturated rings. The van der Waals surface area contributed by atoms with E-state index in [0.29, 0.717) is 16.4 Å². The number of halogens is 3. The Morgan fingerprint density at radius 2 is 1.89 bits per heavy atom. The van der Waals surface area contributed by atoms with Gasteiger partial charge in [-0.3, -0.25) is 9.89 Å². The first-order valence-electron chi connectivity index (χ1n) is 7.66. The summed E-state index contributed by atoms with van der Waals surface area (Å²) in [7, 11) is 0. The number of H-pyrrole nitrogens is 1. The molecule has 6 nitrogen and oxygen atoms in total. The molecule has 3 aromatic rings. The number of nitrogens with zero attached hydrogens (tertiary/aromatic N) is 1. The largest absolute Gasteiger partial charge is 0.451 e. The summed E-state index contributed by atoms with van der Waals surface area (Å²) in [5.74, 6) is -1.24. The number of esters is 1. The third kappa shape index (κ3) is 4.88. The van der Waals surface area contributed by atoms with Crippen molar-refractivity contribution in [3.05, 3.63) is 68.7 Å². The maximum atomic E-state index is 12.1. The smallest absolute Gasteiger partial charge is 0.356 e. The quantitative estimate of drug-likeness (QED) is 0.519. The van der Waals surface area contributed by atoms with E-state index in [4.69, 9.17) is 27.9 Å². The molecule has 0 unspecified atom stereocenters. The van der Waals surface area contributed by atoms with Crippen molar-refractivity contribution >= 4 is 56.7 Å². The molecule has 138 valence electrons. The van der Waals surface area contributed by atoms with Gasteiger partial charge in [-0.2, -0.15) is 5.10 Å². The maximum Gasteiger partial charge on any atom is 0.356 e. The Morgan fingerprint density at radius 1 is 1.15 bits per heavy atom. The third-order valence-corrected chi connectivity index (χ3v) is 4.85. The van der Waals surface area contributed by atoms with Gasteiger partial charge in [-0.15, -0.1) is 0 Å². The standard InChI is InChI=1S/C18H12BrCl2N3O3/c19-11-6-4-10(5-7-11)14-8-15(24-23-14)18(26)27-9-16(25)22-13-3-1-2-12(20)17(13)21/h1-8H,9H2,(H,22,25)(H,23,24). The van der Waals surface area contributed by atoms with Gasteiger partial charge in [0.15, 0.2) is 6.61 Å². The second-order valence-electron chi connectivity index (χ2n) is 5.40. The Kier molecular flexibility index (Phi) is 6.15. The third-order valence-electron chi connectivity index (χ3n) is 3.50. The number of anilines is 1. The molecule has 0 aliphatic rings. The number of aromatic nitrogens is 2. The highest BCUT2D eigenvalue weighted by molar-refractivity contribution is 9.10. The van der Waals surface area contributed by atoms with Crippen molar-refractivity contribution in [3.8, 4) is 11.3 Å². The lowest BCUT2D eigenvalue weighted by Gasteiger charge is -2.08. The van der Waals surface area contributed by atoms with E-state index in [1.165, 1.54) is 0 Å². The summed E-state index contributed by atoms with van der Waals surface area (Å²) in [6.45, 7) is -0.478. The number of ether oxygens (including phenoxy) is 1. The van der Waals surface area contributed by atoms with Gasteiger partial charge in [-0.05, 0) is 30.3 Å². The van der Waals surface area contributed by atoms with E-state index in [-0.39, 0.29) is 10.7 Å². The van der Waals surface area contributed by atoms with Crippen LogP contribution in [0.3, 0.4) is 0 Å². The van der Waals surface area contributed by atoms with Crippen LogP contribution in [-0.2, 0) is 9.53 Å². The van der Waals surface area contributed by atoms with E-state index in [2.05, 4.69) is 31.4 Å². The molecule has 27 heavy (non-hydrogen) atoms. The van der Waals surface area contributed by atoms with Gasteiger partial charge in [0.05, 0.1) is 21.4 Å². The zero-order valence-corrected chi connectivity index (χ0v) is 16.7. The van der Waals surface area contributed by atoms with Gasteiger partial charge in [0, 0.05) is 10.0 Å². The molecule has 9 heteroatoms. The zero-order chi connectivity index (χ0) is 19.4. The highest BCUT2D eigenvalue weighted by Gasteiger charge is 2.15. The van der Waals surface area contributed by atoms with Crippen molar-refractivity contribution in [2.24, 2.45) is 0 Å². The van der Waals surface area contributed by atoms with Crippen LogP contribution in [0.25, 0.3) is 11.3 Å². The van der Waals surface area contributed by atoms with E-state index >= 15 is 0 Å². The fraction of sp³-hybridized carbons (Fsp3) is 0.0556. The van der Waals surface area contributed by atoms with Gasteiger partial charge < -0.3 is 10.1 Å². The van der Waals surface area contributed by atoms with Crippen molar-refractivity contribution in [1.82, 2.24) is 10.2 Å². The average Bonchev–Trinajstić information content (AvgIpc) is 3.14. The number of benzene rings is 2. The normalized spacial score (nSPS) is 10.5. The number of aromatic amines is 1. The predicted molar refractivity (Wildman–Crippen MR) is 107 cm³/mol. The number of carbonyl (C=O) groups is 2. The molecular formula is C18H12BrCl2N3O3. The lowest BCUT2D eigenvalue weighted by atomic mass is 10.1. The molecule has 0 spiro atoms. The Morgan fingerprint density at radius 3 is 2.63 bits per heavy atom. The SMILES string of the molecule is O=C(COC(=O)c1cc(-c2ccc(Br)cc2)n[nH]1)Nc1cccc(Cl)c1Cl. The molecule has 0 saturated heterocycles. The van der Waals surface area contributed by atoms with Crippen molar-refractivity contribution < 1.29 is 14.3 Å². The minimum Gasteiger partial charge on any atom is -0.451 e. The topological polar surface area (TPSA) is 84.1 Å². The number of rotatable bonds is 5. The van der Waals surface area contributed by atoms with Crippen LogP contribution < -0.4 is 5.32 Å². The molecule has 0 atom stereocenters. The molecule has 0 radical (unpaired) electrons. The summed E-state index contributed by atoms with van der Waals surface area (Å²) in [4.78, 5) is 24.0. The molecule has 0 saturated carbocycles. The molecule has 2 N–H and O–H groups in total. The number of nitrogens with one attached hydrogen (secondary N) is 2. The monoisotopic (exact) mass is 467 g/mol. The molecule has 3 rings (SSSR count). The van der Waals surface area contributed by atoms with Crippen LogP contribution in [0.4, 0.5) is 5.69 Å². The van der Waals surface area contributed by atoms with Gasteiger partial charge >= 0.3 is 5.97 Å². The van der Waals surface area contributed by atoms with Gasteiger partial charge in [0.25, 0.3) is 5.91 Å². The van der Waals surface area contributed by atoms with E-state index in [0.717, 1.165) is 10.0 Å². The van der Waals surface area contributed by atoms with E-state index in [9.17, 15) is 9.59 Å². The van der Waals surface area contributed by atoms with Crippen LogP contribution >= 0.6 is 39.1 Å². The van der Waals surface area contributed by atoms with Crippen molar-refractivity contribution in [3.63, 3.8) is 0 Å². The second-order valence-corrected chi connectivity index (χ2v) is 7.10. The van der Waals surface area contributed by atoms with Crippen LogP contribution in [0.2, 0.25) is 10.0 Å². The number of hydrogen-bond donors (Lipinski definition) is 2. The van der Waals surface area contributed by atoms with E-state index in [1.54, 1.807) is 24.3 Å². The first-order valence-corrected chi connectivity index (χ1v) is 9.21. The molecule has 2 aromatic carbocycles. The lowest BCUT2D eigenvalue weighted by Crippen LogP contribution is -2.21. The zero-order valence-electron chi connectivity index (χ0n) is 13.6. The van der Waals surface area contributed by atoms with Gasteiger partial charge in [-0.1, -0.05) is 57.3 Å². The number of amides is 1. The Labute approximate surface area is 172 Å². The molecule has 1 aromatic heterocycles. The lowest BCUT2D eigenvalue weighted by molar-refractivity contribution is -0.119. The highest BCUT2D eigenvalue weighted by Crippen LogP contribution is 2.29. The fourth-order valence-corrected chi connectivity index (χ4v) is 2.80. The van der Waals surface area contributed by atoms with Gasteiger partial charge in [-0.25, -0.2) is 4.79 Å². The summed E-state index contributed by atoms with van der Waals surface area (Å²) < 4.78 is 5.93. The van der Waals surface area contributed by atoms with Crippen LogP contribution in [-0.4, -0.2) is 28.7 Å². The first kappa shape index (κ1) is 19.4. The minimum absolute atomic E-state index is 0.140. The summed E-state index contributed by atoms with van der Waals surface area (Å²) in [5, 5.41) is 9.74. The van der Waals surface area contributed by atoms with Crippen LogP contribution in [0, 0.1) is 0 Å². The maximum absolute atomic E-state index is 12.1. The Balaban J connectivity index is 1.58. The minimum atomic E-state index is -0.696. The first-order chi connectivity index (χ1) is 12.9. The average molecular weight is 469 g/mol. The predicted octanol–water partition coefficient (Wildman–Crippen LogP) is 4.94. The molecular weight excluding hydrogens is 457 g/mol. The molecule has 0 bridgehead atoms. The summed E-state index contributed by atoms with van der Waals surface area (Å²) >= 11 is 15.2. The van der Waals surface area contributed by atoms with Gasteiger partial charge in [0.2, 0.25) is 0 Å². The van der Waals surface area contributed by atoms with Crippen LogP contribution in [0.1, 0.15) is 10.5 Å². The van der Waals surface area contributed by atoms with Crippen molar-refractivity contribution in [2.45, 2.75) is 0 Å². The second kappa shape index (κ2) is 8.56. The van der Waals surface area contributed by atoms with E-state index < -0.39 is 18.5 Å². The van der Waals surface area contributed by atoms with Crippen molar-refractivity contribution in [2.75, 3.05) is 11.9 Å². The Hall–Kier alpha value is -2.35. The molecule has 0 aliphatic carbocycles. The summed E-state index contributed by atoms with van der Waals surface area (Å²) in [6, 6.07) is 13.8. The van der Waals surface area contributed by atoms with Crippen molar-refractivity contribution in [1.29, 1.82) is 0 Å². The molecule has 1 heterocycles. The molecule has 0 aliphatic heterocycles. The molecule has 1 amide bonds. The van der Waals surface area contributed by atoms with E-state index in [1.807, 2.05) is 24.3 Å². The van der Waals surface area contributed by atoms with Crippen LogP contribution in [0.5, 0.6) is 0 Å². The fourth-order valence-electron chi connectivity index (χ4n) is 2.19. The van der Waals surface area contributed by atoms with Gasteiger partial charge in [0.1, 0.15) is 5.69 Å². The number of carbonyl (C=O) groups excluding carboxylic acids is 2. The Bertz CT molecular complexity index is 990. The number of hydrogen-bond acceptors (Lipinski definition) is 4. The highest BCUT2D eigenvalue weighted by atomic mass is 79.9.